The van der Waals surface area contributed by atoms with Crippen molar-refractivity contribution in [1.82, 2.24) is 5.32 Å². The van der Waals surface area contributed by atoms with Crippen LogP contribution in [0.3, 0.4) is 0 Å². The minimum Gasteiger partial charge on any atom is -0.382 e. The molecule has 0 bridgehead atoms. The summed E-state index contributed by atoms with van der Waals surface area (Å²) in [6.07, 6.45) is 8.16. The minimum absolute atomic E-state index is 0.783. The zero-order valence-electron chi connectivity index (χ0n) is 10.4. The van der Waals surface area contributed by atoms with Crippen LogP contribution in [0.2, 0.25) is 0 Å². The molecule has 1 aliphatic rings. The van der Waals surface area contributed by atoms with Crippen LogP contribution in [0.5, 0.6) is 0 Å². The van der Waals surface area contributed by atoms with Gasteiger partial charge in [-0.25, -0.2) is 0 Å². The Bertz CT molecular complexity index is 149. The summed E-state index contributed by atoms with van der Waals surface area (Å²) in [5.74, 6) is 0.922. The first-order valence-electron chi connectivity index (χ1n) is 6.69. The van der Waals surface area contributed by atoms with E-state index in [0.29, 0.717) is 0 Å². The Morgan fingerprint density at radius 1 is 1.20 bits per heavy atom. The number of nitrogens with one attached hydrogen (secondary N) is 1. The smallest absolute Gasteiger partial charge is 0.0477 e. The molecule has 1 saturated carbocycles. The Labute approximate surface area is 94.8 Å². The van der Waals surface area contributed by atoms with Gasteiger partial charge in [0.05, 0.1) is 0 Å². The summed E-state index contributed by atoms with van der Waals surface area (Å²) >= 11 is 0. The molecule has 1 rings (SSSR count). The fourth-order valence-electron chi connectivity index (χ4n) is 2.57. The predicted octanol–water partition coefficient (Wildman–Crippen LogP) is 2.97. The highest BCUT2D eigenvalue weighted by molar-refractivity contribution is 4.79. The molecule has 2 atom stereocenters. The third-order valence-electron chi connectivity index (χ3n) is 3.51. The van der Waals surface area contributed by atoms with Crippen LogP contribution in [0.1, 0.15) is 52.4 Å². The molecular weight excluding hydrogens is 186 g/mol. The second kappa shape index (κ2) is 8.12. The molecule has 0 aromatic heterocycles. The highest BCUT2D eigenvalue weighted by atomic mass is 16.5. The van der Waals surface area contributed by atoms with E-state index in [9.17, 15) is 0 Å². The summed E-state index contributed by atoms with van der Waals surface area (Å²) in [7, 11) is 0. The van der Waals surface area contributed by atoms with Crippen molar-refractivity contribution in [2.24, 2.45) is 5.92 Å². The van der Waals surface area contributed by atoms with Gasteiger partial charge < -0.3 is 10.1 Å². The Hall–Kier alpha value is -0.0800. The molecule has 0 aliphatic heterocycles. The monoisotopic (exact) mass is 213 g/mol. The molecule has 0 saturated heterocycles. The Morgan fingerprint density at radius 2 is 2.00 bits per heavy atom. The van der Waals surface area contributed by atoms with E-state index in [4.69, 9.17) is 4.74 Å². The Kier molecular flexibility index (Phi) is 7.03. The summed E-state index contributed by atoms with van der Waals surface area (Å²) in [6.45, 7) is 7.27. The minimum atomic E-state index is 0.783. The largest absolute Gasteiger partial charge is 0.382 e. The van der Waals surface area contributed by atoms with Crippen molar-refractivity contribution in [3.63, 3.8) is 0 Å². The molecule has 0 aromatic carbocycles. The van der Waals surface area contributed by atoms with Gasteiger partial charge >= 0.3 is 0 Å². The first-order chi connectivity index (χ1) is 7.38. The first kappa shape index (κ1) is 13.0. The van der Waals surface area contributed by atoms with Crippen LogP contribution < -0.4 is 5.32 Å². The van der Waals surface area contributed by atoms with E-state index in [-0.39, 0.29) is 0 Å². The highest BCUT2D eigenvalue weighted by Gasteiger charge is 2.22. The van der Waals surface area contributed by atoms with E-state index in [1.165, 1.54) is 32.1 Å². The van der Waals surface area contributed by atoms with E-state index < -0.39 is 0 Å². The second-order valence-corrected chi connectivity index (χ2v) is 4.56. The van der Waals surface area contributed by atoms with Crippen LogP contribution in [0, 0.1) is 5.92 Å². The van der Waals surface area contributed by atoms with E-state index in [0.717, 1.165) is 38.1 Å². The molecule has 1 N–H and O–H groups in total. The molecular formula is C13H27NO. The number of ether oxygens (including phenoxy) is 1. The van der Waals surface area contributed by atoms with E-state index in [1.807, 2.05) is 0 Å². The SMILES string of the molecule is CCOCCCN[C@@H]1CCCC[C@@H]1CC. The molecule has 0 aromatic rings. The van der Waals surface area contributed by atoms with Gasteiger partial charge in [-0.2, -0.15) is 0 Å². The van der Waals surface area contributed by atoms with Crippen molar-refractivity contribution in [3.05, 3.63) is 0 Å². The van der Waals surface area contributed by atoms with Crippen LogP contribution >= 0.6 is 0 Å². The average molecular weight is 213 g/mol. The average Bonchev–Trinajstić information content (AvgIpc) is 2.29. The Morgan fingerprint density at radius 3 is 2.73 bits per heavy atom. The van der Waals surface area contributed by atoms with Crippen molar-refractivity contribution in [2.75, 3.05) is 19.8 Å². The summed E-state index contributed by atoms with van der Waals surface area (Å²) < 4.78 is 5.34. The van der Waals surface area contributed by atoms with Crippen LogP contribution in [-0.4, -0.2) is 25.8 Å². The molecule has 0 unspecified atom stereocenters. The molecule has 0 amide bonds. The molecule has 1 aliphatic carbocycles. The predicted molar refractivity (Wildman–Crippen MR) is 65.1 cm³/mol. The molecule has 2 heteroatoms. The van der Waals surface area contributed by atoms with Crippen molar-refractivity contribution < 1.29 is 4.74 Å². The summed E-state index contributed by atoms with van der Waals surface area (Å²) in [4.78, 5) is 0. The van der Waals surface area contributed by atoms with Gasteiger partial charge in [0.1, 0.15) is 0 Å². The van der Waals surface area contributed by atoms with E-state index >= 15 is 0 Å². The molecule has 90 valence electrons. The lowest BCUT2D eigenvalue weighted by atomic mass is 9.83. The van der Waals surface area contributed by atoms with Crippen molar-refractivity contribution in [2.45, 2.75) is 58.4 Å². The van der Waals surface area contributed by atoms with Gasteiger partial charge in [0.2, 0.25) is 0 Å². The normalized spacial score (nSPS) is 26.8. The molecule has 0 spiro atoms. The molecule has 0 radical (unpaired) electrons. The topological polar surface area (TPSA) is 21.3 Å². The summed E-state index contributed by atoms with van der Waals surface area (Å²) in [5.41, 5.74) is 0. The maximum absolute atomic E-state index is 5.34. The fraction of sp³-hybridized carbons (Fsp3) is 1.00. The van der Waals surface area contributed by atoms with Crippen LogP contribution in [0.15, 0.2) is 0 Å². The maximum atomic E-state index is 5.34. The lowest BCUT2D eigenvalue weighted by molar-refractivity contribution is 0.142. The van der Waals surface area contributed by atoms with Crippen molar-refractivity contribution in [3.8, 4) is 0 Å². The third kappa shape index (κ3) is 4.98. The molecule has 0 heterocycles. The van der Waals surface area contributed by atoms with Gasteiger partial charge in [-0.3, -0.25) is 0 Å². The van der Waals surface area contributed by atoms with Crippen molar-refractivity contribution in [1.29, 1.82) is 0 Å². The fourth-order valence-corrected chi connectivity index (χ4v) is 2.57. The van der Waals surface area contributed by atoms with Gasteiger partial charge in [0.15, 0.2) is 0 Å². The Balaban J connectivity index is 2.07. The standard InChI is InChI=1S/C13H27NO/c1-3-12-8-5-6-9-13(12)14-10-7-11-15-4-2/h12-14H,3-11H2,1-2H3/t12-,13+/m0/s1. The van der Waals surface area contributed by atoms with Gasteiger partial charge in [-0.1, -0.05) is 26.2 Å². The van der Waals surface area contributed by atoms with E-state index in [2.05, 4.69) is 19.2 Å². The van der Waals surface area contributed by atoms with Crippen molar-refractivity contribution >= 4 is 0 Å². The number of hydrogen-bond acceptors (Lipinski definition) is 2. The maximum Gasteiger partial charge on any atom is 0.0477 e. The van der Waals surface area contributed by atoms with Gasteiger partial charge in [-0.05, 0) is 38.6 Å². The lowest BCUT2D eigenvalue weighted by Gasteiger charge is -2.31. The van der Waals surface area contributed by atoms with Gasteiger partial charge in [0, 0.05) is 19.3 Å². The number of hydrogen-bond donors (Lipinski definition) is 1. The molecule has 1 fully saturated rings. The molecule has 15 heavy (non-hydrogen) atoms. The zero-order valence-corrected chi connectivity index (χ0v) is 10.4. The molecule has 2 nitrogen and oxygen atoms in total. The van der Waals surface area contributed by atoms with Gasteiger partial charge in [0.25, 0.3) is 0 Å². The van der Waals surface area contributed by atoms with Crippen LogP contribution in [0.4, 0.5) is 0 Å². The highest BCUT2D eigenvalue weighted by Crippen LogP contribution is 2.26. The lowest BCUT2D eigenvalue weighted by Crippen LogP contribution is -2.39. The third-order valence-corrected chi connectivity index (χ3v) is 3.51. The summed E-state index contributed by atoms with van der Waals surface area (Å²) in [6, 6.07) is 0.783. The summed E-state index contributed by atoms with van der Waals surface area (Å²) in [5, 5.41) is 3.70. The van der Waals surface area contributed by atoms with Crippen LogP contribution in [-0.2, 0) is 4.74 Å². The number of rotatable bonds is 7. The zero-order chi connectivity index (χ0) is 10.9. The quantitative estimate of drug-likeness (QED) is 0.656. The first-order valence-corrected chi connectivity index (χ1v) is 6.69. The van der Waals surface area contributed by atoms with Crippen LogP contribution in [0.25, 0.3) is 0 Å². The second-order valence-electron chi connectivity index (χ2n) is 4.56. The van der Waals surface area contributed by atoms with E-state index in [1.54, 1.807) is 0 Å². The van der Waals surface area contributed by atoms with Gasteiger partial charge in [-0.15, -0.1) is 0 Å².